The highest BCUT2D eigenvalue weighted by Crippen LogP contribution is 2.25. The summed E-state index contributed by atoms with van der Waals surface area (Å²) in [6, 6.07) is 4.22. The first-order valence-electron chi connectivity index (χ1n) is 7.09. The molecular formula is C15H21ClN4. The molecule has 0 aliphatic heterocycles. The average molecular weight is 293 g/mol. The number of nitrogens with zero attached hydrogens (tertiary/aromatic N) is 3. The van der Waals surface area contributed by atoms with E-state index in [9.17, 15) is 0 Å². The molecule has 0 aliphatic rings. The van der Waals surface area contributed by atoms with E-state index in [0.29, 0.717) is 0 Å². The summed E-state index contributed by atoms with van der Waals surface area (Å²) < 4.78 is 1.96. The van der Waals surface area contributed by atoms with Crippen LogP contribution in [0.2, 0.25) is 5.02 Å². The Kier molecular flexibility index (Phi) is 5.56. The van der Waals surface area contributed by atoms with Crippen LogP contribution in [0, 0.1) is 0 Å². The van der Waals surface area contributed by atoms with Crippen LogP contribution in [0.1, 0.15) is 37.6 Å². The minimum atomic E-state index is 0.161. The van der Waals surface area contributed by atoms with Gasteiger partial charge in [-0.1, -0.05) is 24.6 Å². The van der Waals surface area contributed by atoms with E-state index < -0.39 is 0 Å². The van der Waals surface area contributed by atoms with Gasteiger partial charge in [-0.05, 0) is 37.9 Å². The molecule has 0 bridgehead atoms. The Morgan fingerprint density at radius 1 is 1.35 bits per heavy atom. The van der Waals surface area contributed by atoms with Gasteiger partial charge in [-0.2, -0.15) is 5.10 Å². The number of hydrogen-bond donors (Lipinski definition) is 1. The van der Waals surface area contributed by atoms with E-state index in [1.165, 1.54) is 5.56 Å². The van der Waals surface area contributed by atoms with Gasteiger partial charge >= 0.3 is 0 Å². The van der Waals surface area contributed by atoms with Gasteiger partial charge in [0.15, 0.2) is 0 Å². The number of rotatable bonds is 7. The van der Waals surface area contributed by atoms with Crippen molar-refractivity contribution in [3.05, 3.63) is 47.0 Å². The van der Waals surface area contributed by atoms with Crippen LogP contribution in [0.15, 0.2) is 30.7 Å². The van der Waals surface area contributed by atoms with Crippen LogP contribution >= 0.6 is 11.6 Å². The van der Waals surface area contributed by atoms with Crippen molar-refractivity contribution in [1.82, 2.24) is 20.1 Å². The third-order valence-electron chi connectivity index (χ3n) is 3.27. The summed E-state index contributed by atoms with van der Waals surface area (Å²) in [6.07, 6.45) is 7.37. The molecule has 0 fully saturated rings. The monoisotopic (exact) mass is 292 g/mol. The maximum Gasteiger partial charge on any atom is 0.0834 e. The van der Waals surface area contributed by atoms with Crippen LogP contribution in [0.25, 0.3) is 0 Å². The normalized spacial score (nSPS) is 12.6. The zero-order chi connectivity index (χ0) is 14.4. The predicted octanol–water partition coefficient (Wildman–Crippen LogP) is 3.23. The van der Waals surface area contributed by atoms with Crippen LogP contribution in [0.4, 0.5) is 0 Å². The first-order valence-corrected chi connectivity index (χ1v) is 7.47. The summed E-state index contributed by atoms with van der Waals surface area (Å²) in [4.78, 5) is 4.18. The molecule has 1 atom stereocenters. The molecular weight excluding hydrogens is 272 g/mol. The topological polar surface area (TPSA) is 42.7 Å². The fourth-order valence-electron chi connectivity index (χ4n) is 2.31. The summed E-state index contributed by atoms with van der Waals surface area (Å²) in [7, 11) is 0. The lowest BCUT2D eigenvalue weighted by atomic mass is 10.0. The fourth-order valence-corrected chi connectivity index (χ4v) is 2.58. The first-order chi connectivity index (χ1) is 9.76. The van der Waals surface area contributed by atoms with E-state index in [1.54, 1.807) is 12.4 Å². The van der Waals surface area contributed by atoms with Gasteiger partial charge in [0.25, 0.3) is 0 Å². The van der Waals surface area contributed by atoms with E-state index in [-0.39, 0.29) is 6.04 Å². The fraction of sp³-hybridized carbons (Fsp3) is 0.467. The van der Waals surface area contributed by atoms with Crippen molar-refractivity contribution in [2.24, 2.45) is 0 Å². The van der Waals surface area contributed by atoms with E-state index in [2.05, 4.69) is 35.3 Å². The number of nitrogens with one attached hydrogen (secondary N) is 1. The zero-order valence-corrected chi connectivity index (χ0v) is 12.8. The number of aryl methyl sites for hydroxylation is 1. The second-order valence-corrected chi connectivity index (χ2v) is 5.17. The van der Waals surface area contributed by atoms with E-state index in [1.807, 2.05) is 16.9 Å². The van der Waals surface area contributed by atoms with Gasteiger partial charge in [-0.25, -0.2) is 0 Å². The molecule has 108 valence electrons. The van der Waals surface area contributed by atoms with Gasteiger partial charge < -0.3 is 5.32 Å². The van der Waals surface area contributed by atoms with Crippen molar-refractivity contribution >= 4 is 11.6 Å². The number of hydrogen-bond acceptors (Lipinski definition) is 3. The first kappa shape index (κ1) is 15.0. The highest BCUT2D eigenvalue weighted by molar-refractivity contribution is 6.31. The largest absolute Gasteiger partial charge is 0.308 e. The Morgan fingerprint density at radius 2 is 2.20 bits per heavy atom. The molecule has 0 spiro atoms. The molecule has 1 N–H and O–H groups in total. The molecule has 2 aromatic heterocycles. The third kappa shape index (κ3) is 3.58. The van der Waals surface area contributed by atoms with Gasteiger partial charge in [-0.3, -0.25) is 9.67 Å². The van der Waals surface area contributed by atoms with Crippen LogP contribution in [-0.2, 0) is 13.0 Å². The predicted molar refractivity (Wildman–Crippen MR) is 81.9 cm³/mol. The van der Waals surface area contributed by atoms with E-state index >= 15 is 0 Å². The Balaban J connectivity index is 2.24. The molecule has 0 aliphatic carbocycles. The summed E-state index contributed by atoms with van der Waals surface area (Å²) in [6.45, 7) is 6.01. The van der Waals surface area contributed by atoms with Gasteiger partial charge in [-0.15, -0.1) is 0 Å². The minimum absolute atomic E-state index is 0.161. The average Bonchev–Trinajstić information content (AvgIpc) is 2.85. The third-order valence-corrected chi connectivity index (χ3v) is 3.56. The minimum Gasteiger partial charge on any atom is -0.308 e. The second kappa shape index (κ2) is 7.41. The zero-order valence-electron chi connectivity index (χ0n) is 12.0. The second-order valence-electron chi connectivity index (χ2n) is 4.77. The molecule has 2 aromatic rings. The molecule has 4 nitrogen and oxygen atoms in total. The molecule has 2 rings (SSSR count). The van der Waals surface area contributed by atoms with Crippen molar-refractivity contribution < 1.29 is 0 Å². The van der Waals surface area contributed by atoms with Crippen molar-refractivity contribution in [2.45, 2.75) is 39.3 Å². The molecule has 5 heteroatoms. The number of pyridine rings is 1. The van der Waals surface area contributed by atoms with Crippen molar-refractivity contribution in [3.8, 4) is 0 Å². The van der Waals surface area contributed by atoms with Gasteiger partial charge in [0.05, 0.1) is 23.0 Å². The van der Waals surface area contributed by atoms with Crippen LogP contribution in [-0.4, -0.2) is 21.3 Å². The van der Waals surface area contributed by atoms with Gasteiger partial charge in [0.2, 0.25) is 0 Å². The quantitative estimate of drug-likeness (QED) is 0.852. The van der Waals surface area contributed by atoms with Crippen molar-refractivity contribution in [1.29, 1.82) is 0 Å². The molecule has 0 radical (unpaired) electrons. The lowest BCUT2D eigenvalue weighted by Crippen LogP contribution is -2.27. The molecule has 0 aromatic carbocycles. The van der Waals surface area contributed by atoms with E-state index in [4.69, 9.17) is 11.6 Å². The summed E-state index contributed by atoms with van der Waals surface area (Å²) >= 11 is 6.32. The standard InChI is InChI=1S/C15H21ClN4/c1-3-7-18-14(9-12-6-5-8-17-10-12)15-13(16)11-19-20(15)4-2/h5-6,8,10-11,14,18H,3-4,7,9H2,1-2H3. The number of halogens is 1. The van der Waals surface area contributed by atoms with Crippen molar-refractivity contribution in [2.75, 3.05) is 6.54 Å². The van der Waals surface area contributed by atoms with E-state index in [0.717, 1.165) is 36.6 Å². The highest BCUT2D eigenvalue weighted by Gasteiger charge is 2.19. The number of aromatic nitrogens is 3. The summed E-state index contributed by atoms with van der Waals surface area (Å²) in [5.74, 6) is 0. The SMILES string of the molecule is CCCNC(Cc1cccnc1)c1c(Cl)cnn1CC. The lowest BCUT2D eigenvalue weighted by molar-refractivity contribution is 0.478. The van der Waals surface area contributed by atoms with Crippen molar-refractivity contribution in [3.63, 3.8) is 0 Å². The lowest BCUT2D eigenvalue weighted by Gasteiger charge is -2.20. The van der Waals surface area contributed by atoms with Crippen LogP contribution in [0.3, 0.4) is 0 Å². The smallest absolute Gasteiger partial charge is 0.0834 e. The summed E-state index contributed by atoms with van der Waals surface area (Å²) in [5.41, 5.74) is 2.26. The Morgan fingerprint density at radius 3 is 2.85 bits per heavy atom. The molecule has 0 saturated carbocycles. The van der Waals surface area contributed by atoms with Gasteiger partial charge in [0, 0.05) is 18.9 Å². The van der Waals surface area contributed by atoms with Gasteiger partial charge in [0.1, 0.15) is 0 Å². The maximum atomic E-state index is 6.32. The van der Waals surface area contributed by atoms with Crippen LogP contribution in [0.5, 0.6) is 0 Å². The molecule has 0 saturated heterocycles. The summed E-state index contributed by atoms with van der Waals surface area (Å²) in [5, 5.41) is 8.62. The van der Waals surface area contributed by atoms with Crippen LogP contribution < -0.4 is 5.32 Å². The molecule has 20 heavy (non-hydrogen) atoms. The molecule has 1 unspecified atom stereocenters. The highest BCUT2D eigenvalue weighted by atomic mass is 35.5. The molecule has 2 heterocycles. The Hall–Kier alpha value is -1.39. The Labute approximate surface area is 125 Å². The Bertz CT molecular complexity index is 524. The maximum absolute atomic E-state index is 6.32. The molecule has 0 amide bonds.